The maximum absolute atomic E-state index is 13.0. The lowest BCUT2D eigenvalue weighted by molar-refractivity contribution is 0.0306. The maximum atomic E-state index is 13.0. The van der Waals surface area contributed by atoms with Crippen molar-refractivity contribution in [3.63, 3.8) is 0 Å². The van der Waals surface area contributed by atoms with Gasteiger partial charge >= 0.3 is 0 Å². The van der Waals surface area contributed by atoms with Crippen molar-refractivity contribution < 1.29 is 9.53 Å². The topological polar surface area (TPSA) is 60.3 Å². The van der Waals surface area contributed by atoms with Crippen molar-refractivity contribution in [1.29, 1.82) is 0 Å². The van der Waals surface area contributed by atoms with Crippen LogP contribution in [0.4, 0.5) is 0 Å². The molecule has 1 aliphatic heterocycles. The summed E-state index contributed by atoms with van der Waals surface area (Å²) >= 11 is 1.57. The summed E-state index contributed by atoms with van der Waals surface area (Å²) in [7, 11) is 1.90. The minimum absolute atomic E-state index is 0.113. The van der Waals surface area contributed by atoms with Gasteiger partial charge in [-0.1, -0.05) is 12.1 Å². The predicted octanol–water partition coefficient (Wildman–Crippen LogP) is 3.63. The quantitative estimate of drug-likeness (QED) is 0.523. The van der Waals surface area contributed by atoms with Gasteiger partial charge in [-0.3, -0.25) is 9.48 Å². The Bertz CT molecular complexity index is 1200. The summed E-state index contributed by atoms with van der Waals surface area (Å²) in [4.78, 5) is 20.1. The number of thiophene rings is 1. The largest absolute Gasteiger partial charge is 0.378 e. The highest BCUT2D eigenvalue weighted by Crippen LogP contribution is 2.35. The van der Waals surface area contributed by atoms with Gasteiger partial charge in [0.25, 0.3) is 5.91 Å². The number of pyridine rings is 1. The van der Waals surface area contributed by atoms with Gasteiger partial charge in [0, 0.05) is 48.2 Å². The number of carbonyl (C=O) groups excluding carboxylic acids is 1. The van der Waals surface area contributed by atoms with Crippen LogP contribution < -0.4 is 0 Å². The van der Waals surface area contributed by atoms with Gasteiger partial charge in [-0.15, -0.1) is 11.3 Å². The van der Waals surface area contributed by atoms with Crippen molar-refractivity contribution in [2.75, 3.05) is 26.3 Å². The second kappa shape index (κ2) is 6.68. The van der Waals surface area contributed by atoms with E-state index in [0.717, 1.165) is 42.7 Å². The number of nitrogens with zero attached hydrogens (tertiary/aromatic N) is 4. The first kappa shape index (κ1) is 17.3. The summed E-state index contributed by atoms with van der Waals surface area (Å²) in [6.45, 7) is 4.59. The van der Waals surface area contributed by atoms with E-state index in [-0.39, 0.29) is 5.91 Å². The first-order valence-electron chi connectivity index (χ1n) is 9.30. The highest BCUT2D eigenvalue weighted by Gasteiger charge is 2.23. The van der Waals surface area contributed by atoms with E-state index < -0.39 is 0 Å². The molecule has 0 aliphatic carbocycles. The Morgan fingerprint density at radius 1 is 1.18 bits per heavy atom. The molecule has 1 aromatic carbocycles. The average molecular weight is 392 g/mol. The molecule has 0 spiro atoms. The van der Waals surface area contributed by atoms with Gasteiger partial charge in [-0.05, 0) is 35.6 Å². The molecule has 0 radical (unpaired) electrons. The Balaban J connectivity index is 1.54. The van der Waals surface area contributed by atoms with Crippen LogP contribution in [0.2, 0.25) is 0 Å². The van der Waals surface area contributed by atoms with E-state index >= 15 is 0 Å². The third-order valence-corrected chi connectivity index (χ3v) is 6.48. The number of ether oxygens (including phenoxy) is 1. The fraction of sp³-hybridized carbons (Fsp3) is 0.286. The monoisotopic (exact) mass is 392 g/mol. The molecule has 1 amide bonds. The third kappa shape index (κ3) is 2.87. The number of hydrogen-bond acceptors (Lipinski definition) is 5. The summed E-state index contributed by atoms with van der Waals surface area (Å²) in [5.74, 6) is 0.113. The zero-order valence-electron chi connectivity index (χ0n) is 15.8. The zero-order chi connectivity index (χ0) is 19.3. The number of benzene rings is 1. The second-order valence-electron chi connectivity index (χ2n) is 7.11. The standard InChI is InChI=1S/C21H20N4O2S/c1-13-17-4-3-14(15-9-16-12-24(2)23-20(16)22-11-15)10-18(17)28-19(13)21(26)25-5-7-27-8-6-25/h3-4,9-12H,5-8H2,1-2H3. The average Bonchev–Trinajstić information content (AvgIpc) is 3.26. The lowest BCUT2D eigenvalue weighted by atomic mass is 10.0. The minimum atomic E-state index is 0.113. The molecule has 0 N–H and O–H groups in total. The molecular weight excluding hydrogens is 372 g/mol. The number of aryl methyl sites for hydroxylation is 2. The van der Waals surface area contributed by atoms with Crippen LogP contribution in [0.15, 0.2) is 36.7 Å². The lowest BCUT2D eigenvalue weighted by Gasteiger charge is -2.26. The Hall–Kier alpha value is -2.77. The number of hydrogen-bond donors (Lipinski definition) is 0. The Morgan fingerprint density at radius 3 is 2.82 bits per heavy atom. The molecule has 0 saturated carbocycles. The van der Waals surface area contributed by atoms with E-state index in [1.165, 1.54) is 0 Å². The number of fused-ring (bicyclic) bond motifs is 2. The fourth-order valence-corrected chi connectivity index (χ4v) is 4.93. The molecule has 1 fully saturated rings. The van der Waals surface area contributed by atoms with Crippen LogP contribution in [-0.2, 0) is 11.8 Å². The van der Waals surface area contributed by atoms with E-state index in [4.69, 9.17) is 4.74 Å². The van der Waals surface area contributed by atoms with E-state index in [1.807, 2.05) is 31.3 Å². The number of aromatic nitrogens is 3. The van der Waals surface area contributed by atoms with Gasteiger partial charge in [-0.2, -0.15) is 5.10 Å². The number of carbonyl (C=O) groups is 1. The maximum Gasteiger partial charge on any atom is 0.264 e. The molecule has 4 heterocycles. The molecule has 0 bridgehead atoms. The molecule has 1 aliphatic rings. The molecular formula is C21H20N4O2S. The van der Waals surface area contributed by atoms with Crippen LogP contribution in [-0.4, -0.2) is 51.9 Å². The Labute approximate surface area is 166 Å². The molecule has 6 nitrogen and oxygen atoms in total. The predicted molar refractivity (Wildman–Crippen MR) is 111 cm³/mol. The lowest BCUT2D eigenvalue weighted by Crippen LogP contribution is -2.40. The van der Waals surface area contributed by atoms with E-state index in [2.05, 4.69) is 34.3 Å². The molecule has 1 saturated heterocycles. The van der Waals surface area contributed by atoms with E-state index in [1.54, 1.807) is 16.0 Å². The number of rotatable bonds is 2. The summed E-state index contributed by atoms with van der Waals surface area (Å²) in [5.41, 5.74) is 3.95. The van der Waals surface area contributed by atoms with Crippen LogP contribution in [0, 0.1) is 6.92 Å². The van der Waals surface area contributed by atoms with Crippen LogP contribution in [0.1, 0.15) is 15.2 Å². The molecule has 7 heteroatoms. The Kier molecular flexibility index (Phi) is 4.14. The number of amides is 1. The van der Waals surface area contributed by atoms with Crippen LogP contribution in [0.5, 0.6) is 0 Å². The smallest absolute Gasteiger partial charge is 0.264 e. The highest BCUT2D eigenvalue weighted by molar-refractivity contribution is 7.21. The van der Waals surface area contributed by atoms with Crippen LogP contribution in [0.3, 0.4) is 0 Å². The van der Waals surface area contributed by atoms with Gasteiger partial charge in [-0.25, -0.2) is 4.98 Å². The van der Waals surface area contributed by atoms with Gasteiger partial charge in [0.15, 0.2) is 5.65 Å². The van der Waals surface area contributed by atoms with E-state index in [9.17, 15) is 4.79 Å². The first-order chi connectivity index (χ1) is 13.6. The minimum Gasteiger partial charge on any atom is -0.378 e. The van der Waals surface area contributed by atoms with Crippen molar-refractivity contribution in [3.05, 3.63) is 47.1 Å². The summed E-state index contributed by atoms with van der Waals surface area (Å²) in [5, 5.41) is 6.49. The summed E-state index contributed by atoms with van der Waals surface area (Å²) in [6.07, 6.45) is 3.83. The SMILES string of the molecule is Cc1c(C(=O)N2CCOCC2)sc2cc(-c3cnc4nn(C)cc4c3)ccc12. The van der Waals surface area contributed by atoms with Gasteiger partial charge in [0.05, 0.1) is 18.1 Å². The normalized spacial score (nSPS) is 14.9. The number of morpholine rings is 1. The second-order valence-corrected chi connectivity index (χ2v) is 8.16. The molecule has 142 valence electrons. The molecule has 3 aromatic heterocycles. The van der Waals surface area contributed by atoms with Crippen molar-refractivity contribution in [2.45, 2.75) is 6.92 Å². The van der Waals surface area contributed by atoms with Gasteiger partial charge in [0.1, 0.15) is 0 Å². The molecule has 0 unspecified atom stereocenters. The van der Waals surface area contributed by atoms with E-state index in [0.29, 0.717) is 26.3 Å². The summed E-state index contributed by atoms with van der Waals surface area (Å²) in [6, 6.07) is 8.48. The highest BCUT2D eigenvalue weighted by atomic mass is 32.1. The molecule has 5 rings (SSSR count). The third-order valence-electron chi connectivity index (χ3n) is 5.24. The van der Waals surface area contributed by atoms with Gasteiger partial charge in [0.2, 0.25) is 0 Å². The van der Waals surface area contributed by atoms with Crippen LogP contribution in [0.25, 0.3) is 32.2 Å². The molecule has 0 atom stereocenters. The van der Waals surface area contributed by atoms with Crippen LogP contribution >= 0.6 is 11.3 Å². The molecule has 28 heavy (non-hydrogen) atoms. The van der Waals surface area contributed by atoms with Crippen molar-refractivity contribution in [2.24, 2.45) is 7.05 Å². The zero-order valence-corrected chi connectivity index (χ0v) is 16.6. The molecule has 4 aromatic rings. The van der Waals surface area contributed by atoms with Crippen molar-refractivity contribution in [1.82, 2.24) is 19.7 Å². The first-order valence-corrected chi connectivity index (χ1v) is 10.1. The van der Waals surface area contributed by atoms with Crippen molar-refractivity contribution >= 4 is 38.4 Å². The summed E-state index contributed by atoms with van der Waals surface area (Å²) < 4.78 is 8.27. The fourth-order valence-electron chi connectivity index (χ4n) is 3.71. The van der Waals surface area contributed by atoms with Crippen molar-refractivity contribution in [3.8, 4) is 11.1 Å². The van der Waals surface area contributed by atoms with Gasteiger partial charge < -0.3 is 9.64 Å². The Morgan fingerprint density at radius 2 is 2.00 bits per heavy atom.